The molecule has 5 heteroatoms. The number of aliphatic carboxylic acids is 1. The Bertz CT molecular complexity index is 312. The number of ether oxygens (including phenoxy) is 1. The zero-order valence-corrected chi connectivity index (χ0v) is 10.6. The Kier molecular flexibility index (Phi) is 4.58. The Hall–Kier alpha value is -1.10. The maximum atomic E-state index is 12.3. The van der Waals surface area contributed by atoms with Gasteiger partial charge in [0.15, 0.2) is 0 Å². The van der Waals surface area contributed by atoms with Crippen molar-refractivity contribution in [3.05, 3.63) is 0 Å². The molecule has 2 atom stereocenters. The Morgan fingerprint density at radius 3 is 2.72 bits per heavy atom. The second-order valence-electron chi connectivity index (χ2n) is 5.12. The summed E-state index contributed by atoms with van der Waals surface area (Å²) in [4.78, 5) is 24.8. The SMILES string of the molecule is O=C(O)CC[C@@H]1CCCCN1C(=O)[C@H]1CCCO1. The van der Waals surface area contributed by atoms with E-state index < -0.39 is 5.97 Å². The van der Waals surface area contributed by atoms with Crippen molar-refractivity contribution < 1.29 is 19.4 Å². The highest BCUT2D eigenvalue weighted by Gasteiger charge is 2.33. The molecule has 2 aliphatic heterocycles. The maximum Gasteiger partial charge on any atom is 0.303 e. The van der Waals surface area contributed by atoms with Crippen LogP contribution in [0, 0.1) is 0 Å². The molecule has 0 aromatic rings. The number of likely N-dealkylation sites (tertiary alicyclic amines) is 1. The van der Waals surface area contributed by atoms with Gasteiger partial charge >= 0.3 is 5.97 Å². The number of rotatable bonds is 4. The lowest BCUT2D eigenvalue weighted by Crippen LogP contribution is -2.48. The van der Waals surface area contributed by atoms with E-state index >= 15 is 0 Å². The smallest absolute Gasteiger partial charge is 0.303 e. The monoisotopic (exact) mass is 255 g/mol. The second-order valence-corrected chi connectivity index (χ2v) is 5.12. The first kappa shape index (κ1) is 13.3. The predicted molar refractivity (Wildman–Crippen MR) is 65.2 cm³/mol. The number of carbonyl (C=O) groups is 2. The molecule has 0 aromatic heterocycles. The molecule has 0 saturated carbocycles. The van der Waals surface area contributed by atoms with E-state index in [0.717, 1.165) is 38.6 Å². The van der Waals surface area contributed by atoms with Crippen LogP contribution in [0.5, 0.6) is 0 Å². The number of nitrogens with zero attached hydrogens (tertiary/aromatic N) is 1. The van der Waals surface area contributed by atoms with Crippen LogP contribution in [0.3, 0.4) is 0 Å². The zero-order chi connectivity index (χ0) is 13.0. The molecule has 0 spiro atoms. The van der Waals surface area contributed by atoms with Gasteiger partial charge in [-0.2, -0.15) is 0 Å². The summed E-state index contributed by atoms with van der Waals surface area (Å²) in [5.41, 5.74) is 0. The summed E-state index contributed by atoms with van der Waals surface area (Å²) < 4.78 is 5.43. The van der Waals surface area contributed by atoms with Crippen LogP contribution in [-0.4, -0.2) is 47.2 Å². The quantitative estimate of drug-likeness (QED) is 0.824. The Morgan fingerprint density at radius 1 is 1.22 bits per heavy atom. The normalized spacial score (nSPS) is 28.3. The second kappa shape index (κ2) is 6.18. The van der Waals surface area contributed by atoms with Crippen molar-refractivity contribution in [2.75, 3.05) is 13.2 Å². The van der Waals surface area contributed by atoms with E-state index in [9.17, 15) is 9.59 Å². The van der Waals surface area contributed by atoms with Crippen molar-refractivity contribution in [3.63, 3.8) is 0 Å². The molecule has 2 rings (SSSR count). The third-order valence-corrected chi connectivity index (χ3v) is 3.81. The molecule has 0 unspecified atom stereocenters. The van der Waals surface area contributed by atoms with Crippen molar-refractivity contribution in [2.45, 2.75) is 57.1 Å². The predicted octanol–water partition coefficient (Wildman–Crippen LogP) is 1.41. The summed E-state index contributed by atoms with van der Waals surface area (Å²) in [6.45, 7) is 1.42. The van der Waals surface area contributed by atoms with Gasteiger partial charge in [-0.15, -0.1) is 0 Å². The van der Waals surface area contributed by atoms with Crippen LogP contribution >= 0.6 is 0 Å². The lowest BCUT2D eigenvalue weighted by Gasteiger charge is -2.37. The molecule has 2 aliphatic rings. The van der Waals surface area contributed by atoms with E-state index in [-0.39, 0.29) is 24.5 Å². The van der Waals surface area contributed by atoms with Gasteiger partial charge in [0, 0.05) is 25.6 Å². The first-order valence-electron chi connectivity index (χ1n) is 6.82. The summed E-state index contributed by atoms with van der Waals surface area (Å²) in [7, 11) is 0. The summed E-state index contributed by atoms with van der Waals surface area (Å²) >= 11 is 0. The maximum absolute atomic E-state index is 12.3. The lowest BCUT2D eigenvalue weighted by atomic mass is 9.97. The molecular weight excluding hydrogens is 234 g/mol. The van der Waals surface area contributed by atoms with E-state index in [2.05, 4.69) is 0 Å². The first-order chi connectivity index (χ1) is 8.68. The minimum absolute atomic E-state index is 0.0718. The molecule has 2 fully saturated rings. The van der Waals surface area contributed by atoms with Gasteiger partial charge in [0.2, 0.25) is 0 Å². The highest BCUT2D eigenvalue weighted by atomic mass is 16.5. The van der Waals surface area contributed by atoms with Crippen LogP contribution in [0.15, 0.2) is 0 Å². The molecule has 1 amide bonds. The number of carbonyl (C=O) groups excluding carboxylic acids is 1. The van der Waals surface area contributed by atoms with Gasteiger partial charge in [0.25, 0.3) is 5.91 Å². The van der Waals surface area contributed by atoms with Crippen LogP contribution in [0.2, 0.25) is 0 Å². The fourth-order valence-electron chi connectivity index (χ4n) is 2.84. The van der Waals surface area contributed by atoms with Crippen molar-refractivity contribution >= 4 is 11.9 Å². The van der Waals surface area contributed by atoms with Gasteiger partial charge in [0.1, 0.15) is 6.10 Å². The topological polar surface area (TPSA) is 66.8 Å². The third kappa shape index (κ3) is 3.22. The van der Waals surface area contributed by atoms with Crippen molar-refractivity contribution in [3.8, 4) is 0 Å². The molecular formula is C13H21NO4. The van der Waals surface area contributed by atoms with Crippen LogP contribution in [0.4, 0.5) is 0 Å². The van der Waals surface area contributed by atoms with Gasteiger partial charge < -0.3 is 14.7 Å². The third-order valence-electron chi connectivity index (χ3n) is 3.81. The van der Waals surface area contributed by atoms with Crippen molar-refractivity contribution in [2.24, 2.45) is 0 Å². The average molecular weight is 255 g/mol. The van der Waals surface area contributed by atoms with E-state index in [4.69, 9.17) is 9.84 Å². The van der Waals surface area contributed by atoms with Crippen LogP contribution < -0.4 is 0 Å². The standard InChI is InChI=1S/C13H21NO4/c15-12(16)7-6-10-4-1-2-8-14(10)13(17)11-5-3-9-18-11/h10-11H,1-9H2,(H,15,16)/t10-,11+/m0/s1. The van der Waals surface area contributed by atoms with Crippen LogP contribution in [0.1, 0.15) is 44.9 Å². The Morgan fingerprint density at radius 2 is 2.06 bits per heavy atom. The van der Waals surface area contributed by atoms with Crippen molar-refractivity contribution in [1.29, 1.82) is 0 Å². The van der Waals surface area contributed by atoms with E-state index in [1.165, 1.54) is 0 Å². The highest BCUT2D eigenvalue weighted by molar-refractivity contribution is 5.81. The minimum Gasteiger partial charge on any atom is -0.481 e. The molecule has 5 nitrogen and oxygen atoms in total. The van der Waals surface area contributed by atoms with Crippen LogP contribution in [0.25, 0.3) is 0 Å². The van der Waals surface area contributed by atoms with Gasteiger partial charge in [-0.05, 0) is 38.5 Å². The number of amides is 1. The van der Waals surface area contributed by atoms with Crippen LogP contribution in [-0.2, 0) is 14.3 Å². The highest BCUT2D eigenvalue weighted by Crippen LogP contribution is 2.24. The van der Waals surface area contributed by atoms with E-state index in [0.29, 0.717) is 13.0 Å². The molecule has 0 aliphatic carbocycles. The molecule has 2 saturated heterocycles. The summed E-state index contributed by atoms with van der Waals surface area (Å²) in [6, 6.07) is 0.0894. The Balaban J connectivity index is 1.93. The van der Waals surface area contributed by atoms with Gasteiger partial charge in [-0.1, -0.05) is 0 Å². The summed E-state index contributed by atoms with van der Waals surface area (Å²) in [5, 5.41) is 8.75. The summed E-state index contributed by atoms with van der Waals surface area (Å²) in [5.74, 6) is -0.715. The molecule has 0 radical (unpaired) electrons. The molecule has 1 N–H and O–H groups in total. The number of carboxylic acid groups (broad SMARTS) is 1. The zero-order valence-electron chi connectivity index (χ0n) is 10.6. The number of carboxylic acids is 1. The molecule has 2 heterocycles. The lowest BCUT2D eigenvalue weighted by molar-refractivity contribution is -0.146. The fourth-order valence-corrected chi connectivity index (χ4v) is 2.84. The van der Waals surface area contributed by atoms with Crippen molar-refractivity contribution in [1.82, 2.24) is 4.90 Å². The Labute approximate surface area is 107 Å². The number of hydrogen-bond acceptors (Lipinski definition) is 3. The number of hydrogen-bond donors (Lipinski definition) is 1. The molecule has 102 valence electrons. The number of piperidine rings is 1. The van der Waals surface area contributed by atoms with E-state index in [1.54, 1.807) is 0 Å². The largest absolute Gasteiger partial charge is 0.481 e. The van der Waals surface area contributed by atoms with Gasteiger partial charge in [-0.3, -0.25) is 9.59 Å². The molecule has 18 heavy (non-hydrogen) atoms. The van der Waals surface area contributed by atoms with E-state index in [1.807, 2.05) is 4.90 Å². The first-order valence-corrected chi connectivity index (χ1v) is 6.82. The fraction of sp³-hybridized carbons (Fsp3) is 0.846. The summed E-state index contributed by atoms with van der Waals surface area (Å²) in [6.07, 6.45) is 5.20. The van der Waals surface area contributed by atoms with Gasteiger partial charge in [0.05, 0.1) is 0 Å². The van der Waals surface area contributed by atoms with Gasteiger partial charge in [-0.25, -0.2) is 0 Å². The average Bonchev–Trinajstić information content (AvgIpc) is 2.89. The minimum atomic E-state index is -0.787. The molecule has 0 aromatic carbocycles. The molecule has 0 bridgehead atoms.